The molecule has 4 atom stereocenters. The average molecular weight is 297 g/mol. The van der Waals surface area contributed by atoms with Crippen molar-refractivity contribution < 1.29 is 20.1 Å². The number of hydrogen-bond acceptors (Lipinski definition) is 8. The standard InChI is InChI=1S/C11H15N5O5/c1-11(20)6(18)4(2-17)21-9(11)16-3-13-5-7(16)14-10(12)15-8(5)19/h3-4,6,9,17-18,20H,2H2,1H3,(H3,12,14,15,19)/t4?,6-,9?,11-/m1/s1. The predicted octanol–water partition coefficient (Wildman–Crippen LogP) is -2.30. The minimum absolute atomic E-state index is 0.0329. The number of nitrogens with two attached hydrogens (primary N) is 1. The van der Waals surface area contributed by atoms with E-state index >= 15 is 0 Å². The van der Waals surface area contributed by atoms with Gasteiger partial charge in [0.05, 0.1) is 12.9 Å². The number of anilines is 1. The lowest BCUT2D eigenvalue weighted by molar-refractivity contribution is -0.0950. The summed E-state index contributed by atoms with van der Waals surface area (Å²) in [6.07, 6.45) is -2.06. The van der Waals surface area contributed by atoms with E-state index in [1.54, 1.807) is 0 Å². The van der Waals surface area contributed by atoms with E-state index in [0.717, 1.165) is 0 Å². The Balaban J connectivity index is 2.15. The quantitative estimate of drug-likeness (QED) is 0.414. The number of aliphatic hydroxyl groups excluding tert-OH is 2. The predicted molar refractivity (Wildman–Crippen MR) is 70.2 cm³/mol. The Labute approximate surface area is 117 Å². The molecular weight excluding hydrogens is 282 g/mol. The number of imidazole rings is 1. The van der Waals surface area contributed by atoms with Crippen LogP contribution in [0.5, 0.6) is 0 Å². The first kappa shape index (κ1) is 13.9. The van der Waals surface area contributed by atoms with Crippen molar-refractivity contribution in [3.63, 3.8) is 0 Å². The molecule has 10 heteroatoms. The highest BCUT2D eigenvalue weighted by Crippen LogP contribution is 2.38. The Morgan fingerprint density at radius 2 is 2.33 bits per heavy atom. The lowest BCUT2D eigenvalue weighted by Gasteiger charge is -2.27. The molecule has 0 saturated carbocycles. The maximum Gasteiger partial charge on any atom is 0.280 e. The van der Waals surface area contributed by atoms with Gasteiger partial charge in [0.1, 0.15) is 17.8 Å². The van der Waals surface area contributed by atoms with Gasteiger partial charge in [0, 0.05) is 0 Å². The number of aliphatic hydroxyl groups is 3. The molecule has 6 N–H and O–H groups in total. The number of rotatable bonds is 2. The molecule has 0 aliphatic carbocycles. The van der Waals surface area contributed by atoms with Gasteiger partial charge >= 0.3 is 0 Å². The fourth-order valence-corrected chi connectivity index (χ4v) is 2.50. The highest BCUT2D eigenvalue weighted by molar-refractivity contribution is 5.70. The van der Waals surface area contributed by atoms with Gasteiger partial charge < -0.3 is 25.8 Å². The van der Waals surface area contributed by atoms with Crippen LogP contribution in [0.2, 0.25) is 0 Å². The molecule has 21 heavy (non-hydrogen) atoms. The average Bonchev–Trinajstić information content (AvgIpc) is 2.91. The summed E-state index contributed by atoms with van der Waals surface area (Å²) in [6.45, 7) is 0.900. The lowest BCUT2D eigenvalue weighted by Crippen LogP contribution is -2.44. The van der Waals surface area contributed by atoms with Crippen LogP contribution in [0.25, 0.3) is 11.2 Å². The van der Waals surface area contributed by atoms with Gasteiger partial charge in [-0.05, 0) is 6.92 Å². The molecule has 2 unspecified atom stereocenters. The van der Waals surface area contributed by atoms with Crippen LogP contribution >= 0.6 is 0 Å². The van der Waals surface area contributed by atoms with E-state index in [0.29, 0.717) is 0 Å². The molecule has 114 valence electrons. The summed E-state index contributed by atoms with van der Waals surface area (Å²) in [5, 5.41) is 29.6. The first-order valence-electron chi connectivity index (χ1n) is 6.25. The fraction of sp³-hybridized carbons (Fsp3) is 0.545. The minimum atomic E-state index is -1.69. The summed E-state index contributed by atoms with van der Waals surface area (Å²) in [5.74, 6) is -0.105. The third-order valence-electron chi connectivity index (χ3n) is 3.64. The highest BCUT2D eigenvalue weighted by Gasteiger charge is 2.53. The molecule has 0 aromatic carbocycles. The third kappa shape index (κ3) is 1.92. The van der Waals surface area contributed by atoms with E-state index < -0.39 is 36.2 Å². The number of nitrogen functional groups attached to an aromatic ring is 1. The Morgan fingerprint density at radius 3 is 2.95 bits per heavy atom. The second kappa shape index (κ2) is 4.49. The van der Waals surface area contributed by atoms with E-state index in [2.05, 4.69) is 15.0 Å². The number of aromatic amines is 1. The van der Waals surface area contributed by atoms with Crippen LogP contribution < -0.4 is 11.3 Å². The van der Waals surface area contributed by atoms with Crippen molar-refractivity contribution in [2.45, 2.75) is 31.0 Å². The van der Waals surface area contributed by atoms with Gasteiger partial charge in [-0.2, -0.15) is 4.98 Å². The fourth-order valence-electron chi connectivity index (χ4n) is 2.50. The third-order valence-corrected chi connectivity index (χ3v) is 3.64. The van der Waals surface area contributed by atoms with Gasteiger partial charge in [-0.1, -0.05) is 0 Å². The molecule has 0 bridgehead atoms. The van der Waals surface area contributed by atoms with E-state index in [-0.39, 0.29) is 17.1 Å². The van der Waals surface area contributed by atoms with Crippen molar-refractivity contribution in [1.82, 2.24) is 19.5 Å². The molecule has 3 rings (SSSR count). The lowest BCUT2D eigenvalue weighted by atomic mass is 9.96. The van der Waals surface area contributed by atoms with E-state index in [1.807, 2.05) is 0 Å². The van der Waals surface area contributed by atoms with Gasteiger partial charge in [-0.15, -0.1) is 0 Å². The molecule has 2 aromatic heterocycles. The minimum Gasteiger partial charge on any atom is -0.394 e. The number of nitrogens with one attached hydrogen (secondary N) is 1. The van der Waals surface area contributed by atoms with Crippen molar-refractivity contribution in [1.29, 1.82) is 0 Å². The number of H-pyrrole nitrogens is 1. The molecule has 0 radical (unpaired) electrons. The largest absolute Gasteiger partial charge is 0.394 e. The van der Waals surface area contributed by atoms with Crippen LogP contribution in [0, 0.1) is 0 Å². The maximum absolute atomic E-state index is 11.7. The van der Waals surface area contributed by atoms with Crippen molar-refractivity contribution in [3.05, 3.63) is 16.7 Å². The monoisotopic (exact) mass is 297 g/mol. The zero-order valence-corrected chi connectivity index (χ0v) is 11.1. The van der Waals surface area contributed by atoms with Crippen molar-refractivity contribution in [3.8, 4) is 0 Å². The topological polar surface area (TPSA) is 160 Å². The molecule has 0 spiro atoms. The van der Waals surface area contributed by atoms with Gasteiger partial charge in [-0.3, -0.25) is 14.3 Å². The second-order valence-corrected chi connectivity index (χ2v) is 5.16. The molecule has 3 heterocycles. The van der Waals surface area contributed by atoms with E-state index in [4.69, 9.17) is 10.5 Å². The number of nitrogens with zero attached hydrogens (tertiary/aromatic N) is 3. The van der Waals surface area contributed by atoms with Crippen LogP contribution in [-0.2, 0) is 4.74 Å². The van der Waals surface area contributed by atoms with Crippen LogP contribution in [0.3, 0.4) is 0 Å². The molecule has 2 aromatic rings. The summed E-state index contributed by atoms with van der Waals surface area (Å²) >= 11 is 0. The molecule has 1 aliphatic heterocycles. The van der Waals surface area contributed by atoms with Gasteiger partial charge in [0.25, 0.3) is 5.56 Å². The van der Waals surface area contributed by atoms with Gasteiger partial charge in [-0.25, -0.2) is 4.98 Å². The van der Waals surface area contributed by atoms with Crippen LogP contribution in [0.15, 0.2) is 11.1 Å². The molecule has 1 aliphatic rings. The maximum atomic E-state index is 11.7. The smallest absolute Gasteiger partial charge is 0.280 e. The molecule has 0 amide bonds. The number of hydrogen-bond donors (Lipinski definition) is 5. The SMILES string of the molecule is C[C@]1(O)C(n2cnc3c(=O)[nH]c(N)nc32)OC(CO)[C@H]1O. The summed E-state index contributed by atoms with van der Waals surface area (Å²) in [6, 6.07) is 0. The van der Waals surface area contributed by atoms with Crippen LogP contribution in [0.1, 0.15) is 13.2 Å². The Bertz CT molecular complexity index is 738. The normalized spacial score (nSPS) is 32.9. The number of aromatic nitrogens is 4. The first-order chi connectivity index (χ1) is 9.86. The summed E-state index contributed by atoms with van der Waals surface area (Å²) in [7, 11) is 0. The molecular formula is C11H15N5O5. The van der Waals surface area contributed by atoms with Crippen LogP contribution in [0.4, 0.5) is 5.95 Å². The van der Waals surface area contributed by atoms with Crippen molar-refractivity contribution in [2.24, 2.45) is 0 Å². The Morgan fingerprint density at radius 1 is 1.62 bits per heavy atom. The Kier molecular flexibility index (Phi) is 2.99. The van der Waals surface area contributed by atoms with Crippen molar-refractivity contribution >= 4 is 17.1 Å². The summed E-state index contributed by atoms with van der Waals surface area (Å²) < 4.78 is 6.76. The zero-order chi connectivity index (χ0) is 15.4. The zero-order valence-electron chi connectivity index (χ0n) is 11.1. The summed E-state index contributed by atoms with van der Waals surface area (Å²) in [5.41, 5.74) is 3.44. The Hall–Kier alpha value is -2.01. The van der Waals surface area contributed by atoms with Gasteiger partial charge in [0.15, 0.2) is 17.4 Å². The highest BCUT2D eigenvalue weighted by atomic mass is 16.6. The first-order valence-corrected chi connectivity index (χ1v) is 6.25. The second-order valence-electron chi connectivity index (χ2n) is 5.16. The molecule has 1 fully saturated rings. The van der Waals surface area contributed by atoms with Crippen LogP contribution in [-0.4, -0.2) is 59.3 Å². The number of fused-ring (bicyclic) bond motifs is 1. The molecule has 10 nitrogen and oxygen atoms in total. The van der Waals surface area contributed by atoms with Gasteiger partial charge in [0.2, 0.25) is 5.95 Å². The van der Waals surface area contributed by atoms with E-state index in [1.165, 1.54) is 17.8 Å². The number of ether oxygens (including phenoxy) is 1. The molecule has 1 saturated heterocycles. The van der Waals surface area contributed by atoms with Crippen molar-refractivity contribution in [2.75, 3.05) is 12.3 Å². The summed E-state index contributed by atoms with van der Waals surface area (Å²) in [4.78, 5) is 21.9. The van der Waals surface area contributed by atoms with E-state index in [9.17, 15) is 20.1 Å².